The molecule has 2 fully saturated rings. The summed E-state index contributed by atoms with van der Waals surface area (Å²) in [7, 11) is 0. The van der Waals surface area contributed by atoms with E-state index in [4.69, 9.17) is 5.73 Å². The molecule has 0 aromatic carbocycles. The molecule has 1 aliphatic carbocycles. The van der Waals surface area contributed by atoms with Gasteiger partial charge < -0.3 is 16.2 Å². The maximum atomic E-state index is 12.2. The van der Waals surface area contributed by atoms with Gasteiger partial charge in [-0.2, -0.15) is 0 Å². The monoisotopic (exact) mass is 301 g/mol. The third-order valence-electron chi connectivity index (χ3n) is 3.46. The fourth-order valence-electron chi connectivity index (χ4n) is 2.27. The second kappa shape index (κ2) is 6.34. The summed E-state index contributed by atoms with van der Waals surface area (Å²) in [5.41, 5.74) is 5.02. The molecule has 2 unspecified atom stereocenters. The minimum atomic E-state index is -0.965. The zero-order valence-corrected chi connectivity index (χ0v) is 11.9. The van der Waals surface area contributed by atoms with Crippen molar-refractivity contribution in [3.05, 3.63) is 0 Å². The van der Waals surface area contributed by atoms with E-state index in [0.29, 0.717) is 24.6 Å². The Balaban J connectivity index is 1.89. The van der Waals surface area contributed by atoms with Crippen molar-refractivity contribution in [1.29, 1.82) is 0 Å². The number of urea groups is 1. The Hall–Kier alpha value is -1.44. The molecule has 2 atom stereocenters. The molecular formula is C12H19N3O4S. The Labute approximate surface area is 121 Å². The van der Waals surface area contributed by atoms with E-state index in [9.17, 15) is 19.5 Å². The Morgan fingerprint density at radius 3 is 2.60 bits per heavy atom. The van der Waals surface area contributed by atoms with Crippen molar-refractivity contribution in [2.75, 3.05) is 12.3 Å². The van der Waals surface area contributed by atoms with Crippen molar-refractivity contribution in [2.24, 2.45) is 11.7 Å². The number of carbonyl (C=O) groups excluding carboxylic acids is 2. The summed E-state index contributed by atoms with van der Waals surface area (Å²) in [6.45, 7) is 0.326. The zero-order valence-electron chi connectivity index (χ0n) is 11.1. The van der Waals surface area contributed by atoms with Gasteiger partial charge in [0.25, 0.3) is 0 Å². The van der Waals surface area contributed by atoms with Gasteiger partial charge in [0.1, 0.15) is 6.04 Å². The Morgan fingerprint density at radius 1 is 1.35 bits per heavy atom. The van der Waals surface area contributed by atoms with Gasteiger partial charge in [0.2, 0.25) is 5.91 Å². The van der Waals surface area contributed by atoms with E-state index < -0.39 is 17.9 Å². The fraction of sp³-hybridized carbons (Fsp3) is 0.750. The van der Waals surface area contributed by atoms with Gasteiger partial charge >= 0.3 is 12.0 Å². The molecule has 2 rings (SSSR count). The van der Waals surface area contributed by atoms with Crippen LogP contribution in [0.25, 0.3) is 0 Å². The van der Waals surface area contributed by atoms with Crippen LogP contribution >= 0.6 is 11.8 Å². The molecule has 0 radical (unpaired) electrons. The second-order valence-corrected chi connectivity index (χ2v) is 6.27. The van der Waals surface area contributed by atoms with Crippen LogP contribution < -0.4 is 11.1 Å². The van der Waals surface area contributed by atoms with Crippen LogP contribution in [0.3, 0.4) is 0 Å². The molecule has 7 nitrogen and oxygen atoms in total. The summed E-state index contributed by atoms with van der Waals surface area (Å²) < 4.78 is 0. The Bertz CT molecular complexity index is 414. The molecular weight excluding hydrogens is 282 g/mol. The highest BCUT2D eigenvalue weighted by Gasteiger charge is 2.47. The van der Waals surface area contributed by atoms with Crippen LogP contribution in [0.5, 0.6) is 0 Å². The molecule has 1 heterocycles. The predicted octanol–water partition coefficient (Wildman–Crippen LogP) is 0.200. The third-order valence-corrected chi connectivity index (χ3v) is 4.92. The molecule has 4 N–H and O–H groups in total. The molecule has 3 amide bonds. The first-order valence-corrected chi connectivity index (χ1v) is 7.74. The van der Waals surface area contributed by atoms with Gasteiger partial charge in [-0.3, -0.25) is 9.69 Å². The number of thioether (sulfide) groups is 1. The van der Waals surface area contributed by atoms with Crippen LogP contribution in [0.2, 0.25) is 0 Å². The molecule has 1 saturated heterocycles. The maximum Gasteiger partial charge on any atom is 0.327 e. The number of hydrogen-bond acceptors (Lipinski definition) is 4. The Kier molecular flexibility index (Phi) is 4.74. The highest BCUT2D eigenvalue weighted by molar-refractivity contribution is 8.00. The van der Waals surface area contributed by atoms with Crippen molar-refractivity contribution < 1.29 is 19.5 Å². The number of carboxylic acids is 1. The first-order valence-electron chi connectivity index (χ1n) is 6.69. The van der Waals surface area contributed by atoms with Crippen molar-refractivity contribution in [2.45, 2.75) is 37.1 Å². The first kappa shape index (κ1) is 15.0. The topological polar surface area (TPSA) is 113 Å². The van der Waals surface area contributed by atoms with Crippen LogP contribution in [0, 0.1) is 5.92 Å². The number of primary amides is 1. The number of amides is 3. The fourth-order valence-corrected chi connectivity index (χ4v) is 3.90. The Morgan fingerprint density at radius 2 is 2.05 bits per heavy atom. The van der Waals surface area contributed by atoms with Crippen LogP contribution in [0.4, 0.5) is 4.79 Å². The molecule has 0 aromatic rings. The van der Waals surface area contributed by atoms with Gasteiger partial charge in [-0.15, -0.1) is 11.8 Å². The molecule has 20 heavy (non-hydrogen) atoms. The van der Waals surface area contributed by atoms with Gasteiger partial charge in [-0.1, -0.05) is 0 Å². The van der Waals surface area contributed by atoms with Crippen molar-refractivity contribution in [3.8, 4) is 0 Å². The van der Waals surface area contributed by atoms with Gasteiger partial charge in [0.15, 0.2) is 0 Å². The lowest BCUT2D eigenvalue weighted by molar-refractivity contribution is -0.141. The third kappa shape index (κ3) is 3.56. The van der Waals surface area contributed by atoms with E-state index in [1.54, 1.807) is 11.8 Å². The lowest BCUT2D eigenvalue weighted by Crippen LogP contribution is -2.50. The van der Waals surface area contributed by atoms with E-state index >= 15 is 0 Å². The smallest absolute Gasteiger partial charge is 0.327 e. The number of carbonyl (C=O) groups is 3. The zero-order chi connectivity index (χ0) is 14.7. The quantitative estimate of drug-likeness (QED) is 0.607. The summed E-state index contributed by atoms with van der Waals surface area (Å²) in [6.07, 6.45) is 2.78. The highest BCUT2D eigenvalue weighted by atomic mass is 32.2. The van der Waals surface area contributed by atoms with Crippen molar-refractivity contribution in [1.82, 2.24) is 10.2 Å². The molecule has 0 aromatic heterocycles. The summed E-state index contributed by atoms with van der Waals surface area (Å²) in [4.78, 5) is 35.5. The summed E-state index contributed by atoms with van der Waals surface area (Å²) in [6, 6.07) is -1.12. The molecule has 1 aliphatic heterocycles. The number of nitrogens with one attached hydrogen (secondary N) is 1. The van der Waals surface area contributed by atoms with Crippen molar-refractivity contribution in [3.63, 3.8) is 0 Å². The minimum Gasteiger partial charge on any atom is -0.480 e. The van der Waals surface area contributed by atoms with Gasteiger partial charge in [0, 0.05) is 18.7 Å². The summed E-state index contributed by atoms with van der Waals surface area (Å²) in [5, 5.41) is 11.8. The lowest BCUT2D eigenvalue weighted by Gasteiger charge is -2.27. The van der Waals surface area contributed by atoms with E-state index in [-0.39, 0.29) is 17.8 Å². The molecule has 1 saturated carbocycles. The summed E-state index contributed by atoms with van der Waals surface area (Å²) >= 11 is 1.54. The number of nitrogens with two attached hydrogens (primary N) is 1. The molecule has 112 valence electrons. The normalized spacial score (nSPS) is 25.5. The van der Waals surface area contributed by atoms with Gasteiger partial charge in [-0.05, 0) is 25.2 Å². The van der Waals surface area contributed by atoms with E-state index in [1.165, 1.54) is 4.90 Å². The lowest BCUT2D eigenvalue weighted by atomic mass is 10.2. The SMILES string of the molecule is NC(=O)CCCNC(=O)N1C(C(=O)O)CSC1C1CC1. The molecule has 0 spiro atoms. The maximum absolute atomic E-state index is 12.2. The number of nitrogens with zero attached hydrogens (tertiary/aromatic N) is 1. The van der Waals surface area contributed by atoms with Crippen LogP contribution in [0.1, 0.15) is 25.7 Å². The molecule has 8 heteroatoms. The summed E-state index contributed by atoms with van der Waals surface area (Å²) in [5.74, 6) is -0.519. The first-order chi connectivity index (χ1) is 9.50. The second-order valence-electron chi connectivity index (χ2n) is 5.12. The van der Waals surface area contributed by atoms with Crippen LogP contribution in [-0.4, -0.2) is 51.6 Å². The molecule has 2 aliphatic rings. The number of hydrogen-bond donors (Lipinski definition) is 3. The average molecular weight is 301 g/mol. The minimum absolute atomic E-state index is 0.0350. The van der Waals surface area contributed by atoms with Crippen molar-refractivity contribution >= 4 is 29.7 Å². The predicted molar refractivity (Wildman–Crippen MR) is 74.1 cm³/mol. The highest BCUT2D eigenvalue weighted by Crippen LogP contribution is 2.45. The number of carboxylic acid groups (broad SMARTS) is 1. The van der Waals surface area contributed by atoms with Crippen LogP contribution in [0.15, 0.2) is 0 Å². The number of aliphatic carboxylic acids is 1. The van der Waals surface area contributed by atoms with Gasteiger partial charge in [-0.25, -0.2) is 9.59 Å². The molecule has 0 bridgehead atoms. The van der Waals surface area contributed by atoms with E-state index in [0.717, 1.165) is 12.8 Å². The largest absolute Gasteiger partial charge is 0.480 e. The van der Waals surface area contributed by atoms with Gasteiger partial charge in [0.05, 0.1) is 5.37 Å². The average Bonchev–Trinajstić information content (AvgIpc) is 3.12. The standard InChI is InChI=1S/C12H19N3O4S/c13-9(16)2-1-5-14-12(19)15-8(11(17)18)6-20-10(15)7-3-4-7/h7-8,10H,1-6H2,(H2,13,16)(H,14,19)(H,17,18). The number of rotatable bonds is 6. The van der Waals surface area contributed by atoms with Crippen LogP contribution in [-0.2, 0) is 9.59 Å². The van der Waals surface area contributed by atoms with E-state index in [2.05, 4.69) is 5.32 Å². The van der Waals surface area contributed by atoms with E-state index in [1.807, 2.05) is 0 Å².